The molecule has 0 aromatic carbocycles. The van der Waals surface area contributed by atoms with Gasteiger partial charge in [0.2, 0.25) is 5.43 Å². The van der Waals surface area contributed by atoms with Crippen molar-refractivity contribution in [1.29, 1.82) is 0 Å². The van der Waals surface area contributed by atoms with Crippen molar-refractivity contribution in [3.8, 4) is 5.75 Å². The molecule has 0 spiro atoms. The van der Waals surface area contributed by atoms with Crippen LogP contribution in [0.4, 0.5) is 0 Å². The molecule has 0 bridgehead atoms. The first-order valence-corrected chi connectivity index (χ1v) is 7.58. The molecule has 1 aliphatic heterocycles. The first kappa shape index (κ1) is 17.0. The van der Waals surface area contributed by atoms with Gasteiger partial charge in [-0.25, -0.2) is 0 Å². The molecule has 2 rings (SSSR count). The predicted octanol–water partition coefficient (Wildman–Crippen LogP) is 1.67. The smallest absolute Gasteiger partial charge is 0.228 e. The third-order valence-corrected chi connectivity index (χ3v) is 3.85. The van der Waals surface area contributed by atoms with E-state index in [0.29, 0.717) is 24.5 Å². The number of nitrogens with zero attached hydrogens (tertiary/aromatic N) is 1. The van der Waals surface area contributed by atoms with Crippen molar-refractivity contribution in [2.75, 3.05) is 27.3 Å². The van der Waals surface area contributed by atoms with Crippen LogP contribution in [-0.4, -0.2) is 49.1 Å². The summed E-state index contributed by atoms with van der Waals surface area (Å²) in [4.78, 5) is 17.5. The standard InChI is InChI=1S/C16H26N2O4/c1-11-15(20-5)14(19)12(8-17-11)9-18(4)7-6-13-10-21-16(2,3)22-13/h8,13H,6-7,9-10H2,1-5H3,(H,17,19). The Hall–Kier alpha value is -1.37. The first-order valence-electron chi connectivity index (χ1n) is 7.58. The molecule has 2 heterocycles. The van der Waals surface area contributed by atoms with Gasteiger partial charge in [0.05, 0.1) is 25.5 Å². The van der Waals surface area contributed by atoms with E-state index in [2.05, 4.69) is 9.88 Å². The third kappa shape index (κ3) is 4.09. The molecule has 6 heteroatoms. The normalized spacial score (nSPS) is 20.5. The summed E-state index contributed by atoms with van der Waals surface area (Å²) >= 11 is 0. The van der Waals surface area contributed by atoms with Crippen LogP contribution in [0.3, 0.4) is 0 Å². The third-order valence-electron chi connectivity index (χ3n) is 3.85. The highest BCUT2D eigenvalue weighted by Gasteiger charge is 2.32. The van der Waals surface area contributed by atoms with E-state index in [1.807, 2.05) is 27.8 Å². The summed E-state index contributed by atoms with van der Waals surface area (Å²) in [6.45, 7) is 7.71. The van der Waals surface area contributed by atoms with Gasteiger partial charge in [-0.3, -0.25) is 4.79 Å². The molecule has 124 valence electrons. The van der Waals surface area contributed by atoms with Crippen molar-refractivity contribution in [2.45, 2.75) is 45.6 Å². The molecule has 22 heavy (non-hydrogen) atoms. The number of hydrogen-bond donors (Lipinski definition) is 1. The number of H-pyrrole nitrogens is 1. The summed E-state index contributed by atoms with van der Waals surface area (Å²) in [6.07, 6.45) is 2.75. The zero-order chi connectivity index (χ0) is 16.3. The highest BCUT2D eigenvalue weighted by Crippen LogP contribution is 2.24. The molecule has 6 nitrogen and oxygen atoms in total. The molecular formula is C16H26N2O4. The van der Waals surface area contributed by atoms with Crippen LogP contribution in [0.2, 0.25) is 0 Å². The van der Waals surface area contributed by atoms with E-state index in [0.717, 1.165) is 18.7 Å². The van der Waals surface area contributed by atoms with E-state index in [1.54, 1.807) is 6.20 Å². The van der Waals surface area contributed by atoms with E-state index in [9.17, 15) is 4.79 Å². The summed E-state index contributed by atoms with van der Waals surface area (Å²) in [5.41, 5.74) is 1.40. The van der Waals surface area contributed by atoms with Crippen LogP contribution >= 0.6 is 0 Å². The largest absolute Gasteiger partial charge is 0.491 e. The summed E-state index contributed by atoms with van der Waals surface area (Å²) in [5.74, 6) is -0.0924. The maximum absolute atomic E-state index is 12.3. The fourth-order valence-electron chi connectivity index (χ4n) is 2.65. The van der Waals surface area contributed by atoms with Crippen LogP contribution < -0.4 is 10.2 Å². The van der Waals surface area contributed by atoms with Crippen LogP contribution in [0.5, 0.6) is 5.75 Å². The van der Waals surface area contributed by atoms with Gasteiger partial charge >= 0.3 is 0 Å². The average Bonchev–Trinajstić information content (AvgIpc) is 2.80. The van der Waals surface area contributed by atoms with Crippen molar-refractivity contribution in [2.24, 2.45) is 0 Å². The Kier molecular flexibility index (Phi) is 5.26. The van der Waals surface area contributed by atoms with E-state index in [-0.39, 0.29) is 11.5 Å². The summed E-state index contributed by atoms with van der Waals surface area (Å²) in [7, 11) is 3.51. The van der Waals surface area contributed by atoms with Crippen LogP contribution in [-0.2, 0) is 16.0 Å². The van der Waals surface area contributed by atoms with Crippen molar-refractivity contribution in [1.82, 2.24) is 9.88 Å². The van der Waals surface area contributed by atoms with Crippen molar-refractivity contribution in [3.63, 3.8) is 0 Å². The Bertz CT molecular complexity index is 568. The van der Waals surface area contributed by atoms with Gasteiger partial charge in [-0.15, -0.1) is 0 Å². The topological polar surface area (TPSA) is 63.8 Å². The first-order chi connectivity index (χ1) is 10.3. The van der Waals surface area contributed by atoms with E-state index >= 15 is 0 Å². The average molecular weight is 310 g/mol. The molecule has 0 radical (unpaired) electrons. The lowest BCUT2D eigenvalue weighted by Crippen LogP contribution is -2.28. The molecule has 1 atom stereocenters. The van der Waals surface area contributed by atoms with Crippen molar-refractivity contribution < 1.29 is 14.2 Å². The maximum Gasteiger partial charge on any atom is 0.228 e. The van der Waals surface area contributed by atoms with Gasteiger partial charge in [-0.2, -0.15) is 0 Å². The SMILES string of the molecule is COc1c(C)[nH]cc(CN(C)CCC2COC(C)(C)O2)c1=O. The van der Waals surface area contributed by atoms with Crippen molar-refractivity contribution >= 4 is 0 Å². The second kappa shape index (κ2) is 6.81. The zero-order valence-electron chi connectivity index (χ0n) is 14.1. The zero-order valence-corrected chi connectivity index (χ0v) is 14.1. The summed E-state index contributed by atoms with van der Waals surface area (Å²) in [5, 5.41) is 0. The molecule has 1 N–H and O–H groups in total. The molecule has 0 aliphatic carbocycles. The predicted molar refractivity (Wildman–Crippen MR) is 84.2 cm³/mol. The highest BCUT2D eigenvalue weighted by molar-refractivity contribution is 5.30. The molecule has 0 amide bonds. The summed E-state index contributed by atoms with van der Waals surface area (Å²) in [6, 6.07) is 0. The van der Waals surface area contributed by atoms with Crippen LogP contribution in [0.15, 0.2) is 11.0 Å². The molecule has 0 saturated carbocycles. The number of pyridine rings is 1. The van der Waals surface area contributed by atoms with Gasteiger partial charge in [0.25, 0.3) is 0 Å². The molecule has 1 aromatic heterocycles. The Morgan fingerprint density at radius 1 is 1.50 bits per heavy atom. The van der Waals surface area contributed by atoms with E-state index < -0.39 is 5.79 Å². The summed E-state index contributed by atoms with van der Waals surface area (Å²) < 4.78 is 16.5. The second-order valence-electron chi connectivity index (χ2n) is 6.28. The minimum Gasteiger partial charge on any atom is -0.491 e. The number of aromatic amines is 1. The fourth-order valence-corrected chi connectivity index (χ4v) is 2.65. The van der Waals surface area contributed by atoms with Crippen LogP contribution in [0, 0.1) is 6.92 Å². The van der Waals surface area contributed by atoms with Crippen LogP contribution in [0.25, 0.3) is 0 Å². The minimum absolute atomic E-state index is 0.0489. The quantitative estimate of drug-likeness (QED) is 0.866. The van der Waals surface area contributed by atoms with Crippen molar-refractivity contribution in [3.05, 3.63) is 27.7 Å². The number of aromatic nitrogens is 1. The minimum atomic E-state index is -0.481. The van der Waals surface area contributed by atoms with Gasteiger partial charge in [-0.1, -0.05) is 0 Å². The number of hydrogen-bond acceptors (Lipinski definition) is 5. The lowest BCUT2D eigenvalue weighted by atomic mass is 10.2. The number of ether oxygens (including phenoxy) is 3. The fraction of sp³-hybridized carbons (Fsp3) is 0.688. The monoisotopic (exact) mass is 310 g/mol. The lowest BCUT2D eigenvalue weighted by molar-refractivity contribution is -0.139. The number of methoxy groups -OCH3 is 1. The number of rotatable bonds is 6. The Morgan fingerprint density at radius 2 is 2.23 bits per heavy atom. The molecular weight excluding hydrogens is 284 g/mol. The molecule has 1 aromatic rings. The Labute approximate surface area is 131 Å². The van der Waals surface area contributed by atoms with Gasteiger partial charge in [-0.05, 0) is 34.2 Å². The molecule has 1 saturated heterocycles. The Balaban J connectivity index is 1.90. The van der Waals surface area contributed by atoms with Gasteiger partial charge in [0, 0.05) is 24.8 Å². The van der Waals surface area contributed by atoms with Gasteiger partial charge < -0.3 is 24.1 Å². The molecule has 1 unspecified atom stereocenters. The lowest BCUT2D eigenvalue weighted by Gasteiger charge is -2.20. The van der Waals surface area contributed by atoms with Gasteiger partial charge in [0.15, 0.2) is 11.5 Å². The molecule has 1 aliphatic rings. The number of aryl methyl sites for hydroxylation is 1. The molecule has 1 fully saturated rings. The van der Waals surface area contributed by atoms with Crippen LogP contribution in [0.1, 0.15) is 31.5 Å². The Morgan fingerprint density at radius 3 is 2.82 bits per heavy atom. The maximum atomic E-state index is 12.3. The van der Waals surface area contributed by atoms with Gasteiger partial charge in [0.1, 0.15) is 0 Å². The number of nitrogens with one attached hydrogen (secondary N) is 1. The second-order valence-corrected chi connectivity index (χ2v) is 6.28. The van der Waals surface area contributed by atoms with E-state index in [4.69, 9.17) is 14.2 Å². The van der Waals surface area contributed by atoms with E-state index in [1.165, 1.54) is 7.11 Å². The highest BCUT2D eigenvalue weighted by atomic mass is 16.7.